The van der Waals surface area contributed by atoms with Crippen molar-refractivity contribution in [3.63, 3.8) is 0 Å². The second-order valence-electron chi connectivity index (χ2n) is 5.27. The van der Waals surface area contributed by atoms with Gasteiger partial charge in [-0.25, -0.2) is 8.78 Å². The summed E-state index contributed by atoms with van der Waals surface area (Å²) in [4.78, 5) is 0. The van der Waals surface area contributed by atoms with E-state index < -0.39 is 23.8 Å². The van der Waals surface area contributed by atoms with Crippen molar-refractivity contribution in [2.45, 2.75) is 51.2 Å². The van der Waals surface area contributed by atoms with Crippen molar-refractivity contribution in [1.29, 1.82) is 0 Å². The molecule has 1 aliphatic rings. The van der Waals surface area contributed by atoms with Gasteiger partial charge < -0.3 is 9.84 Å². The van der Waals surface area contributed by atoms with E-state index in [1.807, 2.05) is 0 Å². The van der Waals surface area contributed by atoms with Crippen LogP contribution < -0.4 is 4.74 Å². The van der Waals surface area contributed by atoms with Gasteiger partial charge in [-0.2, -0.15) is 0 Å². The Kier molecular flexibility index (Phi) is 4.75. The highest BCUT2D eigenvalue weighted by molar-refractivity contribution is 5.25. The molecule has 2 rings (SSSR count). The molecule has 0 aliphatic heterocycles. The fourth-order valence-electron chi connectivity index (χ4n) is 2.73. The molecule has 2 nitrogen and oxygen atoms in total. The summed E-state index contributed by atoms with van der Waals surface area (Å²) >= 11 is 0. The highest BCUT2D eigenvalue weighted by Gasteiger charge is 2.30. The van der Waals surface area contributed by atoms with Crippen LogP contribution in [-0.4, -0.2) is 17.3 Å². The van der Waals surface area contributed by atoms with E-state index in [4.69, 9.17) is 4.74 Å². The Labute approximate surface area is 112 Å². The van der Waals surface area contributed by atoms with Crippen molar-refractivity contribution in [3.05, 3.63) is 29.8 Å². The lowest BCUT2D eigenvalue weighted by molar-refractivity contribution is -0.0134. The molecule has 0 bridgehead atoms. The molecule has 1 aliphatic carbocycles. The molecule has 1 aromatic rings. The van der Waals surface area contributed by atoms with Gasteiger partial charge in [0.1, 0.15) is 11.9 Å². The van der Waals surface area contributed by atoms with E-state index >= 15 is 0 Å². The normalized spacial score (nSPS) is 27.3. The minimum Gasteiger partial charge on any atom is -0.485 e. The first-order chi connectivity index (χ1) is 9.10. The Bertz CT molecular complexity index is 423. The molecular weight excluding hydrogens is 250 g/mol. The maximum atomic E-state index is 13.5. The molecule has 19 heavy (non-hydrogen) atoms. The van der Waals surface area contributed by atoms with E-state index in [0.29, 0.717) is 12.3 Å². The molecule has 4 heteroatoms. The Morgan fingerprint density at radius 3 is 2.79 bits per heavy atom. The first-order valence-corrected chi connectivity index (χ1v) is 6.90. The largest absolute Gasteiger partial charge is 0.485 e. The van der Waals surface area contributed by atoms with Gasteiger partial charge in [0, 0.05) is 6.07 Å². The van der Waals surface area contributed by atoms with Gasteiger partial charge in [0.15, 0.2) is 11.6 Å². The summed E-state index contributed by atoms with van der Waals surface area (Å²) in [6.45, 7) is 2.13. The third-order valence-corrected chi connectivity index (χ3v) is 3.73. The number of hydrogen-bond donors (Lipinski definition) is 1. The van der Waals surface area contributed by atoms with Gasteiger partial charge in [-0.3, -0.25) is 0 Å². The van der Waals surface area contributed by atoms with Gasteiger partial charge in [-0.05, 0) is 37.3 Å². The number of ether oxygens (including phenoxy) is 1. The SMILES string of the molecule is CCCC1CCC(O)C(Oc2ccc(F)cc2F)C1. The van der Waals surface area contributed by atoms with Crippen LogP contribution in [0.15, 0.2) is 18.2 Å². The fourth-order valence-corrected chi connectivity index (χ4v) is 2.73. The summed E-state index contributed by atoms with van der Waals surface area (Å²) in [5.41, 5.74) is 0. The van der Waals surface area contributed by atoms with E-state index in [1.165, 1.54) is 6.07 Å². The summed E-state index contributed by atoms with van der Waals surface area (Å²) in [7, 11) is 0. The van der Waals surface area contributed by atoms with Crippen LogP contribution in [0.4, 0.5) is 8.78 Å². The molecule has 0 heterocycles. The zero-order valence-corrected chi connectivity index (χ0v) is 11.1. The molecule has 0 saturated heterocycles. The highest BCUT2D eigenvalue weighted by Crippen LogP contribution is 2.31. The van der Waals surface area contributed by atoms with Gasteiger partial charge >= 0.3 is 0 Å². The van der Waals surface area contributed by atoms with Gasteiger partial charge in [-0.15, -0.1) is 0 Å². The summed E-state index contributed by atoms with van der Waals surface area (Å²) in [5, 5.41) is 9.94. The topological polar surface area (TPSA) is 29.5 Å². The van der Waals surface area contributed by atoms with E-state index in [1.54, 1.807) is 0 Å². The molecule has 106 valence electrons. The summed E-state index contributed by atoms with van der Waals surface area (Å²) < 4.78 is 31.9. The standard InChI is InChI=1S/C15H20F2O2/c1-2-3-10-4-6-13(18)15(8-10)19-14-7-5-11(16)9-12(14)17/h5,7,9-10,13,15,18H,2-4,6,8H2,1H3. The van der Waals surface area contributed by atoms with Crippen molar-refractivity contribution in [1.82, 2.24) is 0 Å². The number of benzene rings is 1. The predicted molar refractivity (Wildman–Crippen MR) is 69.0 cm³/mol. The maximum absolute atomic E-state index is 13.5. The lowest BCUT2D eigenvalue weighted by Crippen LogP contribution is -2.38. The maximum Gasteiger partial charge on any atom is 0.167 e. The molecule has 0 spiro atoms. The number of hydrogen-bond acceptors (Lipinski definition) is 2. The van der Waals surface area contributed by atoms with Crippen LogP contribution in [0, 0.1) is 17.6 Å². The number of rotatable bonds is 4. The summed E-state index contributed by atoms with van der Waals surface area (Å²) in [6.07, 6.45) is 3.62. The quantitative estimate of drug-likeness (QED) is 0.904. The molecule has 1 saturated carbocycles. The molecule has 1 fully saturated rings. The van der Waals surface area contributed by atoms with Gasteiger partial charge in [0.05, 0.1) is 6.10 Å². The van der Waals surface area contributed by atoms with Crippen molar-refractivity contribution in [3.8, 4) is 5.75 Å². The molecule has 0 radical (unpaired) electrons. The van der Waals surface area contributed by atoms with E-state index in [9.17, 15) is 13.9 Å². The van der Waals surface area contributed by atoms with Crippen LogP contribution in [0.1, 0.15) is 39.0 Å². The molecule has 0 amide bonds. The van der Waals surface area contributed by atoms with Crippen molar-refractivity contribution in [2.75, 3.05) is 0 Å². The molecule has 0 aromatic heterocycles. The summed E-state index contributed by atoms with van der Waals surface area (Å²) in [5.74, 6) is -0.813. The first-order valence-electron chi connectivity index (χ1n) is 6.90. The van der Waals surface area contributed by atoms with Crippen LogP contribution in [0.2, 0.25) is 0 Å². The average Bonchev–Trinajstić information content (AvgIpc) is 2.37. The third-order valence-electron chi connectivity index (χ3n) is 3.73. The average molecular weight is 270 g/mol. The van der Waals surface area contributed by atoms with Crippen LogP contribution in [0.25, 0.3) is 0 Å². The molecule has 1 N–H and O–H groups in total. The second-order valence-corrected chi connectivity index (χ2v) is 5.27. The Balaban J connectivity index is 2.03. The lowest BCUT2D eigenvalue weighted by Gasteiger charge is -2.33. The number of halogens is 2. The van der Waals surface area contributed by atoms with Gasteiger partial charge in [-0.1, -0.05) is 19.8 Å². The second kappa shape index (κ2) is 6.33. The number of aliphatic hydroxyl groups is 1. The smallest absolute Gasteiger partial charge is 0.167 e. The predicted octanol–water partition coefficient (Wildman–Crippen LogP) is 3.67. The van der Waals surface area contributed by atoms with E-state index in [0.717, 1.165) is 37.8 Å². The number of aliphatic hydroxyl groups excluding tert-OH is 1. The lowest BCUT2D eigenvalue weighted by atomic mass is 9.83. The van der Waals surface area contributed by atoms with Gasteiger partial charge in [0.25, 0.3) is 0 Å². The minimum absolute atomic E-state index is 0.0163. The zero-order valence-electron chi connectivity index (χ0n) is 11.1. The zero-order chi connectivity index (χ0) is 13.8. The van der Waals surface area contributed by atoms with Crippen LogP contribution in [0.3, 0.4) is 0 Å². The van der Waals surface area contributed by atoms with Crippen LogP contribution in [-0.2, 0) is 0 Å². The Hall–Kier alpha value is -1.16. The first kappa shape index (κ1) is 14.3. The third kappa shape index (κ3) is 3.66. The van der Waals surface area contributed by atoms with E-state index in [2.05, 4.69) is 6.92 Å². The van der Waals surface area contributed by atoms with Crippen molar-refractivity contribution in [2.24, 2.45) is 5.92 Å². The van der Waals surface area contributed by atoms with Crippen LogP contribution in [0.5, 0.6) is 5.75 Å². The monoisotopic (exact) mass is 270 g/mol. The Morgan fingerprint density at radius 2 is 2.11 bits per heavy atom. The van der Waals surface area contributed by atoms with Crippen molar-refractivity contribution < 1.29 is 18.6 Å². The highest BCUT2D eigenvalue weighted by atomic mass is 19.1. The Morgan fingerprint density at radius 1 is 1.32 bits per heavy atom. The molecule has 3 unspecified atom stereocenters. The fraction of sp³-hybridized carbons (Fsp3) is 0.600. The molecule has 1 aromatic carbocycles. The van der Waals surface area contributed by atoms with E-state index in [-0.39, 0.29) is 5.75 Å². The summed E-state index contributed by atoms with van der Waals surface area (Å²) in [6, 6.07) is 3.24. The molecule has 3 atom stereocenters. The minimum atomic E-state index is -0.718. The van der Waals surface area contributed by atoms with Gasteiger partial charge in [0.2, 0.25) is 0 Å². The van der Waals surface area contributed by atoms with Crippen LogP contribution >= 0.6 is 0 Å². The van der Waals surface area contributed by atoms with Crippen molar-refractivity contribution >= 4 is 0 Å². The molecular formula is C15H20F2O2.